The van der Waals surface area contributed by atoms with Crippen molar-refractivity contribution in [2.45, 2.75) is 0 Å². The molecule has 0 bridgehead atoms. The van der Waals surface area contributed by atoms with Crippen molar-refractivity contribution >= 4 is 0 Å². The first-order valence-corrected chi connectivity index (χ1v) is 4.20. The molecule has 14 heavy (non-hydrogen) atoms. The summed E-state index contributed by atoms with van der Waals surface area (Å²) in [6.07, 6.45) is 8.90. The molecule has 0 spiro atoms. The van der Waals surface area contributed by atoms with Crippen molar-refractivity contribution in [3.63, 3.8) is 0 Å². The lowest BCUT2D eigenvalue weighted by atomic mass is 10.1. The van der Waals surface area contributed by atoms with E-state index in [0.717, 1.165) is 11.1 Å². The molecule has 0 heterocycles. The van der Waals surface area contributed by atoms with Crippen molar-refractivity contribution in [1.29, 1.82) is 0 Å². The predicted molar refractivity (Wildman–Crippen MR) is 62.9 cm³/mol. The van der Waals surface area contributed by atoms with Crippen LogP contribution in [0.5, 0.6) is 0 Å². The fourth-order valence-corrected chi connectivity index (χ4v) is 0.660. The van der Waals surface area contributed by atoms with E-state index < -0.39 is 0 Å². The molecule has 1 heteroatoms. The molecular formula is C13H16O. The zero-order valence-electron chi connectivity index (χ0n) is 8.62. The van der Waals surface area contributed by atoms with Crippen LogP contribution in [0.1, 0.15) is 0 Å². The lowest BCUT2D eigenvalue weighted by Crippen LogP contribution is -1.81. The second-order valence-electron chi connectivity index (χ2n) is 2.65. The first-order valence-electron chi connectivity index (χ1n) is 4.20. The topological polar surface area (TPSA) is 9.23 Å². The highest BCUT2D eigenvalue weighted by Crippen LogP contribution is 2.09. The van der Waals surface area contributed by atoms with Gasteiger partial charge in [-0.05, 0) is 17.2 Å². The number of hydrogen-bond acceptors (Lipinski definition) is 1. The minimum atomic E-state index is 0.589. The molecule has 1 nitrogen and oxygen atoms in total. The Morgan fingerprint density at radius 2 is 1.57 bits per heavy atom. The van der Waals surface area contributed by atoms with Gasteiger partial charge in [-0.1, -0.05) is 50.6 Å². The Balaban J connectivity index is 4.28. The highest BCUT2D eigenvalue weighted by atomic mass is 16.5. The smallest absolute Gasteiger partial charge is 0.111 e. The summed E-state index contributed by atoms with van der Waals surface area (Å²) in [5.74, 6) is 0.589. The third-order valence-corrected chi connectivity index (χ3v) is 1.58. The zero-order valence-corrected chi connectivity index (χ0v) is 8.62. The van der Waals surface area contributed by atoms with Gasteiger partial charge in [-0.25, -0.2) is 0 Å². The van der Waals surface area contributed by atoms with Gasteiger partial charge in [0.25, 0.3) is 0 Å². The van der Waals surface area contributed by atoms with Crippen molar-refractivity contribution in [1.82, 2.24) is 0 Å². The molecule has 0 aromatic rings. The average Bonchev–Trinajstić information content (AvgIpc) is 2.21. The lowest BCUT2D eigenvalue weighted by molar-refractivity contribution is 0.309. The van der Waals surface area contributed by atoms with Gasteiger partial charge in [0.05, 0.1) is 7.11 Å². The van der Waals surface area contributed by atoms with E-state index in [4.69, 9.17) is 4.74 Å². The molecule has 0 radical (unpaired) electrons. The largest absolute Gasteiger partial charge is 0.497 e. The van der Waals surface area contributed by atoms with Crippen LogP contribution in [0.15, 0.2) is 73.6 Å². The number of methoxy groups -OCH3 is 1. The zero-order chi connectivity index (χ0) is 11.0. The molecule has 0 aliphatic rings. The molecule has 0 atom stereocenters. The second-order valence-corrected chi connectivity index (χ2v) is 2.65. The van der Waals surface area contributed by atoms with E-state index >= 15 is 0 Å². The third-order valence-electron chi connectivity index (χ3n) is 1.58. The van der Waals surface area contributed by atoms with Crippen LogP contribution in [0.2, 0.25) is 0 Å². The highest BCUT2D eigenvalue weighted by molar-refractivity contribution is 5.44. The van der Waals surface area contributed by atoms with Crippen LogP contribution in [-0.4, -0.2) is 7.11 Å². The van der Waals surface area contributed by atoms with Crippen molar-refractivity contribution < 1.29 is 4.74 Å². The van der Waals surface area contributed by atoms with Gasteiger partial charge in [-0.15, -0.1) is 0 Å². The summed E-state index contributed by atoms with van der Waals surface area (Å²) in [5.41, 5.74) is 1.66. The monoisotopic (exact) mass is 188 g/mol. The number of hydrogen-bond donors (Lipinski definition) is 0. The minimum Gasteiger partial charge on any atom is -0.497 e. The van der Waals surface area contributed by atoms with E-state index in [2.05, 4.69) is 26.3 Å². The molecule has 0 aromatic carbocycles. The molecule has 0 aliphatic carbocycles. The van der Waals surface area contributed by atoms with Gasteiger partial charge >= 0.3 is 0 Å². The van der Waals surface area contributed by atoms with Gasteiger partial charge in [-0.2, -0.15) is 0 Å². The molecular weight excluding hydrogens is 172 g/mol. The molecule has 74 valence electrons. The summed E-state index contributed by atoms with van der Waals surface area (Å²) in [7, 11) is 1.57. The molecule has 0 fully saturated rings. The molecule has 0 saturated heterocycles. The van der Waals surface area contributed by atoms with E-state index in [0.29, 0.717) is 5.76 Å². The van der Waals surface area contributed by atoms with Crippen LogP contribution < -0.4 is 0 Å². The molecule has 0 aromatic heterocycles. The SMILES string of the molecule is C=C/C=C\C(=C)C(=C)/C=C\C(=C)OC. The Kier molecular flexibility index (Phi) is 5.88. The van der Waals surface area contributed by atoms with Crippen molar-refractivity contribution in [3.05, 3.63) is 73.6 Å². The summed E-state index contributed by atoms with van der Waals surface area (Å²) in [6, 6.07) is 0. The van der Waals surface area contributed by atoms with Crippen LogP contribution in [0.25, 0.3) is 0 Å². The van der Waals surface area contributed by atoms with E-state index in [1.54, 1.807) is 19.3 Å². The van der Waals surface area contributed by atoms with Gasteiger partial charge in [-0.3, -0.25) is 0 Å². The first kappa shape index (κ1) is 12.2. The van der Waals surface area contributed by atoms with Crippen LogP contribution in [0, 0.1) is 0 Å². The van der Waals surface area contributed by atoms with E-state index in [9.17, 15) is 0 Å². The summed E-state index contributed by atoms with van der Waals surface area (Å²) < 4.78 is 4.88. The second kappa shape index (κ2) is 6.72. The summed E-state index contributed by atoms with van der Waals surface area (Å²) in [4.78, 5) is 0. The number of rotatable bonds is 6. The van der Waals surface area contributed by atoms with Crippen LogP contribution in [-0.2, 0) is 4.74 Å². The maximum Gasteiger partial charge on any atom is 0.111 e. The van der Waals surface area contributed by atoms with Crippen molar-refractivity contribution in [3.8, 4) is 0 Å². The fourth-order valence-electron chi connectivity index (χ4n) is 0.660. The highest BCUT2D eigenvalue weighted by Gasteiger charge is 1.91. The Morgan fingerprint density at radius 1 is 1.00 bits per heavy atom. The van der Waals surface area contributed by atoms with Crippen molar-refractivity contribution in [2.75, 3.05) is 7.11 Å². The van der Waals surface area contributed by atoms with Gasteiger partial charge in [0.2, 0.25) is 0 Å². The van der Waals surface area contributed by atoms with Gasteiger partial charge in [0.1, 0.15) is 5.76 Å². The number of allylic oxidation sites excluding steroid dienone is 7. The molecule has 0 saturated carbocycles. The van der Waals surface area contributed by atoms with Crippen molar-refractivity contribution in [2.24, 2.45) is 0 Å². The van der Waals surface area contributed by atoms with Crippen LogP contribution in [0.3, 0.4) is 0 Å². The third kappa shape index (κ3) is 4.99. The Bertz CT molecular complexity index is 303. The molecule has 0 amide bonds. The average molecular weight is 188 g/mol. The molecule has 0 unspecified atom stereocenters. The Labute approximate surface area is 86.1 Å². The predicted octanol–water partition coefficient (Wildman–Crippen LogP) is 3.56. The molecule has 0 N–H and O–H groups in total. The molecule has 0 rings (SSSR count). The first-order chi connectivity index (χ1) is 6.61. The maximum absolute atomic E-state index is 4.88. The maximum atomic E-state index is 4.88. The quantitative estimate of drug-likeness (QED) is 0.457. The van der Waals surface area contributed by atoms with E-state index in [1.165, 1.54) is 0 Å². The number of ether oxygens (including phenoxy) is 1. The van der Waals surface area contributed by atoms with E-state index in [-0.39, 0.29) is 0 Å². The standard InChI is InChI=1S/C13H16O/c1-6-7-8-11(2)12(3)9-10-13(4)14-5/h6-10H,1-4H2,5H3/b8-7-,10-9-. The fraction of sp³-hybridized carbons (Fsp3) is 0.0769. The molecule has 0 aliphatic heterocycles. The Morgan fingerprint density at radius 3 is 2.07 bits per heavy atom. The summed E-state index contributed by atoms with van der Waals surface area (Å²) in [6.45, 7) is 14.9. The minimum absolute atomic E-state index is 0.589. The normalized spacial score (nSPS) is 10.4. The van der Waals surface area contributed by atoms with E-state index in [1.807, 2.05) is 18.2 Å². The summed E-state index contributed by atoms with van der Waals surface area (Å²) in [5, 5.41) is 0. The van der Waals surface area contributed by atoms with Gasteiger partial charge in [0.15, 0.2) is 0 Å². The van der Waals surface area contributed by atoms with Gasteiger partial charge in [0, 0.05) is 0 Å². The van der Waals surface area contributed by atoms with Crippen LogP contribution in [0.4, 0.5) is 0 Å². The Hall–Kier alpha value is -1.76. The van der Waals surface area contributed by atoms with Crippen LogP contribution >= 0.6 is 0 Å². The summed E-state index contributed by atoms with van der Waals surface area (Å²) >= 11 is 0. The van der Waals surface area contributed by atoms with Gasteiger partial charge < -0.3 is 4.74 Å². The lowest BCUT2D eigenvalue weighted by Gasteiger charge is -1.99.